The Kier molecular flexibility index (Phi) is 5.88. The second kappa shape index (κ2) is 7.67. The first-order valence-corrected chi connectivity index (χ1v) is 7.62. The van der Waals surface area contributed by atoms with Crippen LogP contribution < -0.4 is 9.05 Å². The monoisotopic (exact) mass is 331 g/mol. The molecule has 7 heteroatoms. The maximum absolute atomic E-state index is 5.83. The van der Waals surface area contributed by atoms with Gasteiger partial charge in [0.25, 0.3) is 0 Å². The van der Waals surface area contributed by atoms with E-state index in [1.165, 1.54) is 0 Å². The van der Waals surface area contributed by atoms with E-state index in [4.69, 9.17) is 32.2 Å². The molecule has 98 valence electrons. The van der Waals surface area contributed by atoms with Gasteiger partial charge in [-0.1, -0.05) is 35.3 Å². The Labute approximate surface area is 124 Å². The Balaban J connectivity index is 1.78. The second-order valence-electron chi connectivity index (χ2n) is 3.38. The van der Waals surface area contributed by atoms with E-state index in [1.807, 2.05) is 24.3 Å². The molecule has 2 rings (SSSR count). The van der Waals surface area contributed by atoms with E-state index >= 15 is 0 Å². The van der Waals surface area contributed by atoms with Crippen molar-refractivity contribution in [2.45, 2.75) is 0 Å². The van der Waals surface area contributed by atoms with E-state index in [0.717, 1.165) is 0 Å². The van der Waals surface area contributed by atoms with Gasteiger partial charge in [0.05, 0.1) is 0 Å². The van der Waals surface area contributed by atoms with Crippen LogP contribution in [-0.4, -0.2) is 0 Å². The normalized spacial score (nSPS) is 11.3. The van der Waals surface area contributed by atoms with Gasteiger partial charge < -0.3 is 9.05 Å². The third kappa shape index (κ3) is 5.34. The van der Waals surface area contributed by atoms with Crippen LogP contribution >= 0.6 is 40.8 Å². The van der Waals surface area contributed by atoms with Crippen LogP contribution in [0.15, 0.2) is 53.0 Å². The van der Waals surface area contributed by atoms with Gasteiger partial charge in [0.1, 0.15) is 11.5 Å². The highest BCUT2D eigenvalue weighted by atomic mass is 35.5. The third-order valence-corrected chi connectivity index (χ3v) is 3.73. The van der Waals surface area contributed by atoms with Crippen molar-refractivity contribution in [3.63, 3.8) is 0 Å². The summed E-state index contributed by atoms with van der Waals surface area (Å²) in [6, 6.07) is 14.3. The zero-order valence-corrected chi connectivity index (χ0v) is 13.0. The number of benzene rings is 2. The first-order chi connectivity index (χ1) is 9.24. The van der Waals surface area contributed by atoms with E-state index in [9.17, 15) is 0 Å². The number of hydrogen-bond donors (Lipinski definition) is 0. The molecule has 1 atom stereocenters. The van der Waals surface area contributed by atoms with Crippen molar-refractivity contribution in [2.75, 3.05) is 0 Å². The van der Waals surface area contributed by atoms with Gasteiger partial charge in [0.2, 0.25) is 17.6 Å². The lowest BCUT2D eigenvalue weighted by Crippen LogP contribution is -1.76. The predicted molar refractivity (Wildman–Crippen MR) is 81.8 cm³/mol. The van der Waals surface area contributed by atoms with Gasteiger partial charge in [-0.2, -0.15) is 4.52 Å². The minimum Gasteiger partial charge on any atom is -0.454 e. The number of halogens is 2. The highest BCUT2D eigenvalue weighted by Crippen LogP contribution is 2.28. The zero-order chi connectivity index (χ0) is 13.5. The van der Waals surface area contributed by atoms with Crippen LogP contribution in [-0.2, 0) is 0 Å². The lowest BCUT2D eigenvalue weighted by Gasteiger charge is -2.01. The molecule has 0 aliphatic rings. The van der Waals surface area contributed by atoms with Gasteiger partial charge in [-0.05, 0) is 36.4 Å². The van der Waals surface area contributed by atoms with Crippen LogP contribution in [0.25, 0.3) is 0 Å². The van der Waals surface area contributed by atoms with E-state index < -0.39 is 0 Å². The summed E-state index contributed by atoms with van der Waals surface area (Å²) in [5.74, 6) is 1.36. The largest absolute Gasteiger partial charge is 0.454 e. The SMILES string of the molecule is Clc1cccc(OP=NPOc2cccc(Cl)c2)c1. The molecule has 0 spiro atoms. The molecule has 2 aromatic rings. The molecule has 0 bridgehead atoms. The molecule has 0 amide bonds. The summed E-state index contributed by atoms with van der Waals surface area (Å²) in [5.41, 5.74) is 0. The van der Waals surface area contributed by atoms with Crippen molar-refractivity contribution in [1.29, 1.82) is 0 Å². The quantitative estimate of drug-likeness (QED) is 0.628. The van der Waals surface area contributed by atoms with Gasteiger partial charge in [0.15, 0.2) is 0 Å². The Bertz CT molecular complexity index is 581. The topological polar surface area (TPSA) is 30.8 Å². The molecule has 2 aromatic carbocycles. The van der Waals surface area contributed by atoms with Crippen molar-refractivity contribution >= 4 is 40.8 Å². The summed E-state index contributed by atoms with van der Waals surface area (Å²) in [6.45, 7) is 0. The van der Waals surface area contributed by atoms with Crippen LogP contribution in [0.1, 0.15) is 0 Å². The van der Waals surface area contributed by atoms with Crippen LogP contribution in [0, 0.1) is 0 Å². The first kappa shape index (κ1) is 14.6. The Morgan fingerprint density at radius 3 is 2.26 bits per heavy atom. The van der Waals surface area contributed by atoms with Crippen LogP contribution in [0.3, 0.4) is 0 Å². The van der Waals surface area contributed by atoms with Gasteiger partial charge >= 0.3 is 0 Å². The smallest absolute Gasteiger partial charge is 0.249 e. The fraction of sp³-hybridized carbons (Fsp3) is 0. The minimum atomic E-state index is -0.0490. The standard InChI is InChI=1S/C12H9Cl2NO2P2/c13-9-3-1-5-11(7-9)16-18-15-19-17-12-6-2-4-10(14)8-12/h1-8,18H. The number of rotatable bonds is 5. The molecule has 0 saturated carbocycles. The fourth-order valence-corrected chi connectivity index (χ4v) is 2.47. The maximum Gasteiger partial charge on any atom is 0.249 e. The highest BCUT2D eigenvalue weighted by molar-refractivity contribution is 7.39. The molecule has 0 fully saturated rings. The lowest BCUT2D eigenvalue weighted by molar-refractivity contribution is 0.627. The second-order valence-corrected chi connectivity index (χ2v) is 5.79. The first-order valence-electron chi connectivity index (χ1n) is 5.24. The predicted octanol–water partition coefficient (Wildman–Crippen LogP) is 6.00. The summed E-state index contributed by atoms with van der Waals surface area (Å²) < 4.78 is 14.9. The van der Waals surface area contributed by atoms with Crippen LogP contribution in [0.4, 0.5) is 0 Å². The summed E-state index contributed by atoms with van der Waals surface area (Å²) in [5, 5.41) is 1.26. The molecule has 0 aliphatic carbocycles. The zero-order valence-electron chi connectivity index (χ0n) is 9.59. The Morgan fingerprint density at radius 2 is 1.58 bits per heavy atom. The fourth-order valence-electron chi connectivity index (χ4n) is 1.21. The molecule has 3 nitrogen and oxygen atoms in total. The van der Waals surface area contributed by atoms with Gasteiger partial charge in [-0.25, -0.2) is 0 Å². The van der Waals surface area contributed by atoms with Crippen LogP contribution in [0.2, 0.25) is 10.0 Å². The molecule has 0 heterocycles. The van der Waals surface area contributed by atoms with Crippen molar-refractivity contribution in [3.05, 3.63) is 58.6 Å². The van der Waals surface area contributed by atoms with E-state index in [1.54, 1.807) is 24.3 Å². The average molecular weight is 332 g/mol. The molecule has 0 radical (unpaired) electrons. The van der Waals surface area contributed by atoms with Crippen molar-refractivity contribution in [1.82, 2.24) is 0 Å². The van der Waals surface area contributed by atoms with Gasteiger partial charge in [0, 0.05) is 10.0 Å². The molecule has 0 N–H and O–H groups in total. The van der Waals surface area contributed by atoms with Crippen molar-refractivity contribution in [3.8, 4) is 11.5 Å². The van der Waals surface area contributed by atoms with E-state index in [0.29, 0.717) is 30.1 Å². The highest BCUT2D eigenvalue weighted by Gasteiger charge is 1.95. The van der Waals surface area contributed by atoms with E-state index in [-0.39, 0.29) is 8.96 Å². The van der Waals surface area contributed by atoms with Crippen molar-refractivity contribution in [2.24, 2.45) is 4.52 Å². The molecule has 1 unspecified atom stereocenters. The lowest BCUT2D eigenvalue weighted by atomic mass is 10.3. The molecular weight excluding hydrogens is 323 g/mol. The Hall–Kier alpha value is -0.850. The van der Waals surface area contributed by atoms with Crippen LogP contribution in [0.5, 0.6) is 11.5 Å². The maximum atomic E-state index is 5.83. The van der Waals surface area contributed by atoms with E-state index in [2.05, 4.69) is 4.52 Å². The molecule has 19 heavy (non-hydrogen) atoms. The summed E-state index contributed by atoms with van der Waals surface area (Å²) in [6.07, 6.45) is 0. The summed E-state index contributed by atoms with van der Waals surface area (Å²) >= 11 is 11.7. The number of nitrogens with zero attached hydrogens (tertiary/aromatic N) is 1. The average Bonchev–Trinajstić information content (AvgIpc) is 2.38. The molecule has 0 aromatic heterocycles. The minimum absolute atomic E-state index is 0.0490. The molecule has 0 aliphatic heterocycles. The molecule has 0 saturated heterocycles. The summed E-state index contributed by atoms with van der Waals surface area (Å²) in [4.78, 5) is 0. The molecular formula is C12H9Cl2NO2P2. The van der Waals surface area contributed by atoms with Crippen molar-refractivity contribution < 1.29 is 9.05 Å². The number of hydrogen-bond acceptors (Lipinski definition) is 3. The summed E-state index contributed by atoms with van der Waals surface area (Å²) in [7, 11) is 0.418. The van der Waals surface area contributed by atoms with Gasteiger partial charge in [-0.15, -0.1) is 0 Å². The third-order valence-electron chi connectivity index (χ3n) is 1.98. The van der Waals surface area contributed by atoms with Gasteiger partial charge in [-0.3, -0.25) is 0 Å². The Morgan fingerprint density at radius 1 is 0.947 bits per heavy atom.